The molecule has 0 aromatic carbocycles. The molecule has 0 saturated heterocycles. The van der Waals surface area contributed by atoms with Crippen LogP contribution in [0.25, 0.3) is 0 Å². The number of hydrogen-bond donors (Lipinski definition) is 0. The van der Waals surface area contributed by atoms with Crippen LogP contribution in [0.5, 0.6) is 0 Å². The minimum Gasteiger partial charge on any atom is -0.255 e. The first-order valence-electron chi connectivity index (χ1n) is 16.6. The maximum absolute atomic E-state index is 13.1. The van der Waals surface area contributed by atoms with Crippen molar-refractivity contribution in [2.45, 2.75) is 118 Å². The van der Waals surface area contributed by atoms with Gasteiger partial charge in [-0.3, -0.25) is 8.78 Å². The van der Waals surface area contributed by atoms with Crippen LogP contribution in [0, 0.1) is 0 Å². The maximum atomic E-state index is 13.1. The smallest absolute Gasteiger partial charge is 0.255 e. The molecular weight excluding hydrogens is 1220 g/mol. The van der Waals surface area contributed by atoms with Crippen molar-refractivity contribution in [3.8, 4) is 0 Å². The SMILES string of the molecule is C=C(F)C(F)(F)OC(F)(F)C(F)(CC)C(F)(F)F.CCC(F)(F)C(F)(F)C(F)(F)OC(F)(F)C(F)=C(F)F.CF.CF.FC(F)=C(F)C(F)(F)OC(F)(F)CC(F)(F)F.FCC(F)(F)C(F)(F)OC(F)(F)C(F)=C(F)F. The zero-order valence-corrected chi connectivity index (χ0v) is 35.5. The summed E-state index contributed by atoms with van der Waals surface area (Å²) < 4.78 is 511. The number of rotatable bonds is 20. The van der Waals surface area contributed by atoms with Gasteiger partial charge in [0.1, 0.15) is 6.42 Å². The van der Waals surface area contributed by atoms with Gasteiger partial charge in [0.25, 0.3) is 23.1 Å². The van der Waals surface area contributed by atoms with Crippen LogP contribution in [0.2, 0.25) is 0 Å². The first-order valence-corrected chi connectivity index (χ1v) is 16.6. The molecule has 0 bridgehead atoms. The highest BCUT2D eigenvalue weighted by Gasteiger charge is 2.75. The Hall–Kier alpha value is -4.14. The molecule has 1 atom stereocenters. The number of halogens is 42. The minimum absolute atomic E-state index is 0.323. The zero-order chi connectivity index (χ0) is 63.7. The van der Waals surface area contributed by atoms with E-state index in [9.17, 15) is 184 Å². The summed E-state index contributed by atoms with van der Waals surface area (Å²) in [4.78, 5) is 0. The van der Waals surface area contributed by atoms with Gasteiger partial charge in [-0.25, -0.2) is 32.1 Å². The van der Waals surface area contributed by atoms with E-state index >= 15 is 0 Å². The Morgan fingerprint density at radius 2 is 0.645 bits per heavy atom. The molecular formula is C30H22F42O4. The molecule has 0 aliphatic rings. The quantitative estimate of drug-likeness (QED) is 0.114. The predicted molar refractivity (Wildman–Crippen MR) is 161 cm³/mol. The molecule has 0 aliphatic carbocycles. The third kappa shape index (κ3) is 24.7. The average molecular weight is 1240 g/mol. The van der Waals surface area contributed by atoms with E-state index in [1.54, 1.807) is 0 Å². The highest BCUT2D eigenvalue weighted by Crippen LogP contribution is 2.52. The third-order valence-electron chi connectivity index (χ3n) is 6.29. The summed E-state index contributed by atoms with van der Waals surface area (Å²) in [6.07, 6.45) is -77.9. The van der Waals surface area contributed by atoms with Gasteiger partial charge in [-0.05, 0) is 6.42 Å². The molecule has 0 heterocycles. The van der Waals surface area contributed by atoms with Crippen LogP contribution in [0.3, 0.4) is 0 Å². The molecule has 1 unspecified atom stereocenters. The fraction of sp³-hybridized carbons (Fsp3) is 0.733. The molecule has 0 aromatic heterocycles. The van der Waals surface area contributed by atoms with Crippen molar-refractivity contribution in [2.75, 3.05) is 21.0 Å². The van der Waals surface area contributed by atoms with E-state index in [0.29, 0.717) is 28.2 Å². The van der Waals surface area contributed by atoms with Gasteiger partial charge in [0.15, 0.2) is 12.5 Å². The van der Waals surface area contributed by atoms with Crippen molar-refractivity contribution < 1.29 is 203 Å². The van der Waals surface area contributed by atoms with E-state index in [1.807, 2.05) is 16.1 Å². The predicted octanol–water partition coefficient (Wildman–Crippen LogP) is 18.6. The molecule has 0 fully saturated rings. The lowest BCUT2D eigenvalue weighted by Gasteiger charge is -2.34. The normalized spacial score (nSPS) is 14.2. The van der Waals surface area contributed by atoms with Crippen molar-refractivity contribution >= 4 is 0 Å². The number of hydrogen-bond acceptors (Lipinski definition) is 4. The lowest BCUT2D eigenvalue weighted by Crippen LogP contribution is -2.58. The highest BCUT2D eigenvalue weighted by molar-refractivity contribution is 5.03. The summed E-state index contributed by atoms with van der Waals surface area (Å²) in [7, 11) is 1.00. The molecule has 0 N–H and O–H groups in total. The fourth-order valence-electron chi connectivity index (χ4n) is 2.76. The molecule has 0 saturated carbocycles. The maximum Gasteiger partial charge on any atom is 0.431 e. The van der Waals surface area contributed by atoms with Crippen molar-refractivity contribution in [1.82, 2.24) is 0 Å². The first kappa shape index (κ1) is 83.2. The van der Waals surface area contributed by atoms with E-state index in [4.69, 9.17) is 0 Å². The van der Waals surface area contributed by atoms with Crippen LogP contribution >= 0.6 is 0 Å². The monoisotopic (exact) mass is 1240 g/mol. The Balaban J connectivity index is -0.000000210. The molecule has 0 spiro atoms. The van der Waals surface area contributed by atoms with Crippen molar-refractivity contribution in [2.24, 2.45) is 0 Å². The minimum atomic E-state index is -6.61. The lowest BCUT2D eigenvalue weighted by molar-refractivity contribution is -0.452. The molecule has 0 aliphatic heterocycles. The third-order valence-corrected chi connectivity index (χ3v) is 6.29. The van der Waals surface area contributed by atoms with Crippen molar-refractivity contribution in [1.29, 1.82) is 0 Å². The molecule has 0 amide bonds. The molecule has 46 heteroatoms. The van der Waals surface area contributed by atoms with Gasteiger partial charge < -0.3 is 0 Å². The molecule has 460 valence electrons. The Labute approximate surface area is 391 Å². The molecule has 0 radical (unpaired) electrons. The van der Waals surface area contributed by atoms with Gasteiger partial charge in [0, 0.05) is 6.42 Å². The lowest BCUT2D eigenvalue weighted by atomic mass is 10.0. The van der Waals surface area contributed by atoms with E-state index in [2.05, 4.69) is 9.47 Å². The van der Waals surface area contributed by atoms with Gasteiger partial charge in [-0.1, -0.05) is 20.4 Å². The fourth-order valence-corrected chi connectivity index (χ4v) is 2.76. The highest BCUT2D eigenvalue weighted by atomic mass is 19.4. The topological polar surface area (TPSA) is 36.9 Å². The van der Waals surface area contributed by atoms with Gasteiger partial charge in [-0.2, -0.15) is 162 Å². The summed E-state index contributed by atoms with van der Waals surface area (Å²) in [5, 5.41) is 0. The van der Waals surface area contributed by atoms with E-state index in [1.165, 1.54) is 0 Å². The van der Waals surface area contributed by atoms with Crippen LogP contribution in [-0.4, -0.2) is 106 Å². The van der Waals surface area contributed by atoms with Gasteiger partial charge in [-0.15, -0.1) is 0 Å². The van der Waals surface area contributed by atoms with Crippen molar-refractivity contribution in [3.05, 3.63) is 48.1 Å². The average Bonchev–Trinajstić information content (AvgIpc) is 3.21. The zero-order valence-electron chi connectivity index (χ0n) is 35.5. The van der Waals surface area contributed by atoms with Crippen LogP contribution in [0.4, 0.5) is 184 Å². The molecule has 0 aromatic rings. The van der Waals surface area contributed by atoms with Crippen LogP contribution in [0.1, 0.15) is 33.1 Å². The second-order valence-corrected chi connectivity index (χ2v) is 11.7. The van der Waals surface area contributed by atoms with Crippen molar-refractivity contribution in [3.63, 3.8) is 0 Å². The molecule has 76 heavy (non-hydrogen) atoms. The van der Waals surface area contributed by atoms with Crippen LogP contribution in [0.15, 0.2) is 48.1 Å². The standard InChI is InChI=1S/C8H5F11O.C8H7F9O.2C6H2F10O.2CH3F/c1-2-5(12,13)7(16,17)8(18,19)20-6(14,15)3(9)4(10)11;1-3-5(10,7(13,14)15)8(16,17)18-6(11,12)4(2)9;7-1-4(11,12)6(15,16)17-5(13,14)2(8)3(9)10;7-2(3(8)9)6(15,16)17-5(13,14)1-4(10,11)12;2*1-2/h2H2,1H3;2-3H2,1H3;2*1H2;2*1H3. The van der Waals surface area contributed by atoms with Gasteiger partial charge in [0.2, 0.25) is 0 Å². The summed E-state index contributed by atoms with van der Waals surface area (Å²) >= 11 is 0. The number of ether oxygens (including phenoxy) is 4. The van der Waals surface area contributed by atoms with Gasteiger partial charge in [0.05, 0.1) is 14.4 Å². The van der Waals surface area contributed by atoms with Crippen LogP contribution < -0.4 is 0 Å². The number of alkyl halides is 32. The first-order chi connectivity index (χ1) is 33.0. The molecule has 4 nitrogen and oxygen atoms in total. The Morgan fingerprint density at radius 1 is 0.368 bits per heavy atom. The molecule has 0 rings (SSSR count). The van der Waals surface area contributed by atoms with Gasteiger partial charge >= 0.3 is 97.2 Å². The van der Waals surface area contributed by atoms with Crippen LogP contribution in [-0.2, 0) is 18.9 Å². The Bertz CT molecular complexity index is 1830. The second-order valence-electron chi connectivity index (χ2n) is 11.7. The summed E-state index contributed by atoms with van der Waals surface area (Å²) in [5.41, 5.74) is -5.38. The summed E-state index contributed by atoms with van der Waals surface area (Å²) in [6, 6.07) is 0. The summed E-state index contributed by atoms with van der Waals surface area (Å²) in [6.45, 7) is -0.546. The second kappa shape index (κ2) is 29.2. The Kier molecular flexibility index (Phi) is 31.9. The van der Waals surface area contributed by atoms with E-state index in [0.717, 1.165) is 0 Å². The summed E-state index contributed by atoms with van der Waals surface area (Å²) in [5.74, 6) is -31.8. The van der Waals surface area contributed by atoms with E-state index < -0.39 is 152 Å². The Morgan fingerprint density at radius 3 is 0.868 bits per heavy atom. The van der Waals surface area contributed by atoms with E-state index in [-0.39, 0.29) is 0 Å². The largest absolute Gasteiger partial charge is 0.431 e.